The zero-order valence-electron chi connectivity index (χ0n) is 15.1. The van der Waals surface area contributed by atoms with Crippen molar-refractivity contribution in [1.29, 1.82) is 0 Å². The molecule has 0 saturated heterocycles. The number of hydrogen-bond acceptors (Lipinski definition) is 4. The molecule has 4 unspecified atom stereocenters. The maximum absolute atomic E-state index is 12.0. The van der Waals surface area contributed by atoms with Gasteiger partial charge in [-0.1, -0.05) is 60.7 Å². The highest BCUT2D eigenvalue weighted by atomic mass is 31.0. The Morgan fingerprint density at radius 1 is 1.04 bits per heavy atom. The molecular weight excluding hydrogens is 364 g/mol. The second-order valence-electron chi connectivity index (χ2n) is 6.25. The fourth-order valence-corrected chi connectivity index (χ4v) is 3.36. The molecule has 0 N–H and O–H groups in total. The van der Waals surface area contributed by atoms with E-state index < -0.39 is 0 Å². The first-order valence-electron chi connectivity index (χ1n) is 8.71. The second kappa shape index (κ2) is 11.4. The predicted molar refractivity (Wildman–Crippen MR) is 111 cm³/mol. The van der Waals surface area contributed by atoms with Crippen LogP contribution in [0.1, 0.15) is 36.9 Å². The van der Waals surface area contributed by atoms with E-state index >= 15 is 0 Å². The van der Waals surface area contributed by atoms with Crippen molar-refractivity contribution in [3.05, 3.63) is 71.8 Å². The summed E-state index contributed by atoms with van der Waals surface area (Å²) in [5, 5.41) is 0. The van der Waals surface area contributed by atoms with Gasteiger partial charge < -0.3 is 9.05 Å². The molecule has 0 saturated carbocycles. The minimum atomic E-state index is -0.234. The molecule has 0 amide bonds. The van der Waals surface area contributed by atoms with Crippen molar-refractivity contribution in [2.75, 3.05) is 6.61 Å². The Morgan fingerprint density at radius 2 is 1.65 bits per heavy atom. The predicted octanol–water partition coefficient (Wildman–Crippen LogP) is 4.54. The average molecular weight is 391 g/mol. The van der Waals surface area contributed by atoms with Crippen molar-refractivity contribution in [3.8, 4) is 0 Å². The van der Waals surface area contributed by atoms with Crippen LogP contribution < -0.4 is 0 Å². The number of rotatable bonds is 10. The Kier molecular flexibility index (Phi) is 9.22. The van der Waals surface area contributed by atoms with Gasteiger partial charge >= 0.3 is 5.97 Å². The number of carbonyl (C=O) groups excluding carboxylic acids is 1. The van der Waals surface area contributed by atoms with Gasteiger partial charge in [0.1, 0.15) is 0 Å². The van der Waals surface area contributed by atoms with E-state index in [4.69, 9.17) is 9.05 Å². The number of carbonyl (C=O) groups is 1. The van der Waals surface area contributed by atoms with E-state index in [2.05, 4.69) is 45.6 Å². The first-order chi connectivity index (χ1) is 12.7. The molecule has 0 fully saturated rings. The maximum Gasteiger partial charge on any atom is 0.309 e. The van der Waals surface area contributed by atoms with Crippen LogP contribution in [-0.4, -0.2) is 23.5 Å². The third-order valence-electron chi connectivity index (χ3n) is 4.56. The number of nitrogens with zero attached hydrogens (tertiary/aromatic N) is 1. The molecule has 0 heterocycles. The summed E-state index contributed by atoms with van der Waals surface area (Å²) >= 11 is 0. The summed E-state index contributed by atoms with van der Waals surface area (Å²) in [6, 6.07) is 20.8. The van der Waals surface area contributed by atoms with Crippen LogP contribution in [0.4, 0.5) is 0 Å². The first kappa shape index (κ1) is 21.0. The topological polar surface area (TPSA) is 38.8 Å². The number of hydrogen-bond donors (Lipinski definition) is 0. The largest absolute Gasteiger partial charge is 0.451 e. The van der Waals surface area contributed by atoms with Crippen LogP contribution >= 0.6 is 18.9 Å². The molecule has 26 heavy (non-hydrogen) atoms. The van der Waals surface area contributed by atoms with Gasteiger partial charge in [-0.15, -0.1) is 0 Å². The summed E-state index contributed by atoms with van der Waals surface area (Å²) in [4.78, 5) is 14.3. The average Bonchev–Trinajstić information content (AvgIpc) is 2.70. The summed E-state index contributed by atoms with van der Waals surface area (Å²) in [6.45, 7) is 3.49. The molecule has 6 heteroatoms. The molecule has 4 nitrogen and oxygen atoms in total. The van der Waals surface area contributed by atoms with Crippen LogP contribution in [0.5, 0.6) is 0 Å². The van der Waals surface area contributed by atoms with Crippen LogP contribution in [0.3, 0.4) is 0 Å². The molecule has 4 atom stereocenters. The third kappa shape index (κ3) is 6.45. The lowest BCUT2D eigenvalue weighted by Crippen LogP contribution is -2.39. The van der Waals surface area contributed by atoms with Crippen LogP contribution in [0, 0.1) is 0 Å². The Morgan fingerprint density at radius 3 is 2.23 bits per heavy atom. The van der Waals surface area contributed by atoms with Gasteiger partial charge in [-0.2, -0.15) is 0 Å². The molecule has 2 aromatic rings. The molecule has 2 aromatic carbocycles. The lowest BCUT2D eigenvalue weighted by molar-refractivity contribution is -0.135. The zero-order valence-corrected chi connectivity index (χ0v) is 17.4. The van der Waals surface area contributed by atoms with Gasteiger partial charge in [0.15, 0.2) is 0 Å². The molecule has 140 valence electrons. The highest BCUT2D eigenvalue weighted by Gasteiger charge is 2.27. The van der Waals surface area contributed by atoms with Gasteiger partial charge in [0.25, 0.3) is 0 Å². The van der Waals surface area contributed by atoms with E-state index in [0.29, 0.717) is 13.0 Å². The number of benzene rings is 2. The van der Waals surface area contributed by atoms with Crippen LogP contribution in [-0.2, 0) is 20.4 Å². The van der Waals surface area contributed by atoms with Gasteiger partial charge in [0.05, 0.1) is 22.5 Å². The van der Waals surface area contributed by atoms with E-state index in [0.717, 1.165) is 13.0 Å². The van der Waals surface area contributed by atoms with E-state index in [-0.39, 0.29) is 18.1 Å². The van der Waals surface area contributed by atoms with Crippen LogP contribution in [0.25, 0.3) is 0 Å². The molecule has 0 aromatic heterocycles. The summed E-state index contributed by atoms with van der Waals surface area (Å²) in [7, 11) is 4.33. The van der Waals surface area contributed by atoms with Crippen molar-refractivity contribution in [3.63, 3.8) is 0 Å². The van der Waals surface area contributed by atoms with E-state index in [1.807, 2.05) is 45.9 Å². The Bertz CT molecular complexity index is 655. The first-order valence-corrected chi connectivity index (χ1v) is 9.65. The highest BCUT2D eigenvalue weighted by Crippen LogP contribution is 2.28. The second-order valence-corrected chi connectivity index (χ2v) is 6.82. The standard InChI is InChI=1S/C20H27NO3P2/c1-16(18-10-6-3-7-11-18)21(15-17-8-4-2-5-9-17)19(12-13-23-25)14-20(22)24-26/h2-11,16,19H,12-15,25-26H2,1H3. The fourth-order valence-electron chi connectivity index (χ4n) is 3.13. The van der Waals surface area contributed by atoms with Crippen molar-refractivity contribution in [1.82, 2.24) is 4.90 Å². The molecular formula is C20H27NO3P2. The summed E-state index contributed by atoms with van der Waals surface area (Å²) < 4.78 is 10.1. The Labute approximate surface area is 160 Å². The molecule has 0 bridgehead atoms. The molecule has 0 radical (unpaired) electrons. The summed E-state index contributed by atoms with van der Waals surface area (Å²) in [5.41, 5.74) is 2.44. The van der Waals surface area contributed by atoms with Crippen LogP contribution in [0.2, 0.25) is 0 Å². The van der Waals surface area contributed by atoms with E-state index in [9.17, 15) is 4.79 Å². The zero-order chi connectivity index (χ0) is 18.8. The molecule has 0 aliphatic rings. The van der Waals surface area contributed by atoms with Gasteiger partial charge in [0.2, 0.25) is 0 Å². The van der Waals surface area contributed by atoms with Crippen molar-refractivity contribution < 1.29 is 13.8 Å². The van der Waals surface area contributed by atoms with Gasteiger partial charge in [0, 0.05) is 28.1 Å². The molecule has 0 aliphatic heterocycles. The fraction of sp³-hybridized carbons (Fsp3) is 0.350. The lowest BCUT2D eigenvalue weighted by Gasteiger charge is -2.36. The summed E-state index contributed by atoms with van der Waals surface area (Å²) in [6.07, 6.45) is 1.06. The smallest absolute Gasteiger partial charge is 0.309 e. The Hall–Kier alpha value is -1.31. The molecule has 0 spiro atoms. The van der Waals surface area contributed by atoms with Crippen molar-refractivity contribution >= 4 is 24.9 Å². The van der Waals surface area contributed by atoms with Gasteiger partial charge in [-0.25, -0.2) is 0 Å². The minimum absolute atomic E-state index is 0.0130. The van der Waals surface area contributed by atoms with Crippen molar-refractivity contribution in [2.45, 2.75) is 38.4 Å². The van der Waals surface area contributed by atoms with Gasteiger partial charge in [-0.05, 0) is 24.5 Å². The monoisotopic (exact) mass is 391 g/mol. The van der Waals surface area contributed by atoms with E-state index in [1.165, 1.54) is 11.1 Å². The van der Waals surface area contributed by atoms with E-state index in [1.54, 1.807) is 0 Å². The molecule has 2 rings (SSSR count). The quantitative estimate of drug-likeness (QED) is 0.558. The normalized spacial score (nSPS) is 13.4. The summed E-state index contributed by atoms with van der Waals surface area (Å²) in [5.74, 6) is -0.234. The van der Waals surface area contributed by atoms with Crippen LogP contribution in [0.15, 0.2) is 60.7 Å². The SMILES string of the molecule is CC(c1ccccc1)N(Cc1ccccc1)C(CCOP)CC(=O)OP. The highest BCUT2D eigenvalue weighted by molar-refractivity contribution is 7.10. The minimum Gasteiger partial charge on any atom is -0.451 e. The Balaban J connectivity index is 2.30. The molecule has 0 aliphatic carbocycles. The van der Waals surface area contributed by atoms with Crippen molar-refractivity contribution in [2.24, 2.45) is 0 Å². The lowest BCUT2D eigenvalue weighted by atomic mass is 10.00. The third-order valence-corrected chi connectivity index (χ3v) is 5.06. The van der Waals surface area contributed by atoms with Gasteiger partial charge in [-0.3, -0.25) is 9.69 Å². The maximum atomic E-state index is 12.0.